The zero-order valence-electron chi connectivity index (χ0n) is 18.4. The molecular weight excluding hydrogens is 332 g/mol. The predicted octanol–water partition coefficient (Wildman–Crippen LogP) is 8.23. The Labute approximate surface area is 169 Å². The first kappa shape index (κ1) is 23.3. The van der Waals surface area contributed by atoms with E-state index in [1.54, 1.807) is 11.8 Å². The van der Waals surface area contributed by atoms with Crippen LogP contribution in [0.4, 0.5) is 0 Å². The van der Waals surface area contributed by atoms with Gasteiger partial charge in [-0.1, -0.05) is 77.0 Å². The molecule has 2 unspecified atom stereocenters. The second-order valence-corrected chi connectivity index (χ2v) is 8.21. The van der Waals surface area contributed by atoms with Gasteiger partial charge in [-0.2, -0.15) is 12.6 Å². The van der Waals surface area contributed by atoms with Crippen LogP contribution in [-0.2, 0) is 6.42 Å². The molecule has 2 atom stereocenters. The number of rotatable bonds is 3. The summed E-state index contributed by atoms with van der Waals surface area (Å²) in [5.74, 6) is 1.53. The van der Waals surface area contributed by atoms with Gasteiger partial charge >= 0.3 is 0 Å². The second-order valence-electron chi connectivity index (χ2n) is 8.21. The molecule has 1 aromatic rings. The summed E-state index contributed by atoms with van der Waals surface area (Å²) in [6.45, 7) is 13.6. The van der Waals surface area contributed by atoms with Gasteiger partial charge in [0.2, 0.25) is 0 Å². The molecule has 148 valence electrons. The van der Waals surface area contributed by atoms with Crippen LogP contribution in [0.15, 0.2) is 35.4 Å². The van der Waals surface area contributed by atoms with Crippen molar-refractivity contribution >= 4 is 12.6 Å². The van der Waals surface area contributed by atoms with E-state index in [-0.39, 0.29) is 0 Å². The monoisotopic (exact) mass is 374 g/mol. The third kappa shape index (κ3) is 5.65. The first-order chi connectivity index (χ1) is 12.5. The maximum atomic E-state index is 3.53. The van der Waals surface area contributed by atoms with Crippen LogP contribution in [0, 0.1) is 11.3 Å². The van der Waals surface area contributed by atoms with Crippen molar-refractivity contribution in [3.63, 3.8) is 0 Å². The SMILES string of the molecule is CC.CCc1ccc(C(C)C2CCC3=C(C2)C(C)(C)CCC3)cc1.CS. The Bertz CT molecular complexity index is 550. The molecule has 0 aromatic heterocycles. The van der Waals surface area contributed by atoms with Crippen molar-refractivity contribution in [2.75, 3.05) is 6.26 Å². The number of aryl methyl sites for hydroxylation is 1. The van der Waals surface area contributed by atoms with E-state index < -0.39 is 0 Å². The van der Waals surface area contributed by atoms with E-state index in [9.17, 15) is 0 Å². The van der Waals surface area contributed by atoms with Crippen LogP contribution < -0.4 is 0 Å². The zero-order chi connectivity index (χ0) is 19.7. The van der Waals surface area contributed by atoms with Crippen LogP contribution in [0.5, 0.6) is 0 Å². The summed E-state index contributed by atoms with van der Waals surface area (Å²) in [5, 5.41) is 0. The van der Waals surface area contributed by atoms with E-state index in [1.807, 2.05) is 25.0 Å². The van der Waals surface area contributed by atoms with Crippen LogP contribution in [-0.4, -0.2) is 6.26 Å². The molecule has 0 fully saturated rings. The Balaban J connectivity index is 0.000000791. The van der Waals surface area contributed by atoms with E-state index >= 15 is 0 Å². The molecule has 0 saturated heterocycles. The Morgan fingerprint density at radius 3 is 2.27 bits per heavy atom. The van der Waals surface area contributed by atoms with Gasteiger partial charge in [-0.3, -0.25) is 0 Å². The van der Waals surface area contributed by atoms with E-state index in [4.69, 9.17) is 0 Å². The molecule has 0 amide bonds. The molecule has 0 aliphatic heterocycles. The van der Waals surface area contributed by atoms with Gasteiger partial charge in [0.1, 0.15) is 0 Å². The lowest BCUT2D eigenvalue weighted by Crippen LogP contribution is -2.27. The van der Waals surface area contributed by atoms with E-state index in [1.165, 1.54) is 44.1 Å². The van der Waals surface area contributed by atoms with Crippen molar-refractivity contribution in [1.29, 1.82) is 0 Å². The van der Waals surface area contributed by atoms with Gasteiger partial charge in [-0.15, -0.1) is 0 Å². The lowest BCUT2D eigenvalue weighted by Gasteiger charge is -2.42. The average Bonchev–Trinajstić information content (AvgIpc) is 2.70. The molecular formula is C25H42S. The normalized spacial score (nSPS) is 22.2. The highest BCUT2D eigenvalue weighted by Crippen LogP contribution is 2.50. The Morgan fingerprint density at radius 2 is 1.69 bits per heavy atom. The van der Waals surface area contributed by atoms with Crippen molar-refractivity contribution in [3.8, 4) is 0 Å². The maximum absolute atomic E-state index is 3.53. The first-order valence-corrected chi connectivity index (χ1v) is 11.7. The zero-order valence-corrected chi connectivity index (χ0v) is 19.3. The summed E-state index contributed by atoms with van der Waals surface area (Å²) < 4.78 is 0. The largest absolute Gasteiger partial charge is 0.183 e. The van der Waals surface area contributed by atoms with Crippen LogP contribution in [0.25, 0.3) is 0 Å². The average molecular weight is 375 g/mol. The number of benzene rings is 1. The molecule has 2 aliphatic rings. The molecule has 0 heterocycles. The predicted molar refractivity (Wildman–Crippen MR) is 122 cm³/mol. The van der Waals surface area contributed by atoms with Gasteiger partial charge in [0.05, 0.1) is 0 Å². The van der Waals surface area contributed by atoms with Crippen molar-refractivity contribution in [2.24, 2.45) is 11.3 Å². The molecule has 1 aromatic carbocycles. The van der Waals surface area contributed by atoms with Crippen molar-refractivity contribution in [1.82, 2.24) is 0 Å². The fourth-order valence-corrected chi connectivity index (χ4v) is 4.70. The van der Waals surface area contributed by atoms with E-state index in [0.717, 1.165) is 12.3 Å². The summed E-state index contributed by atoms with van der Waals surface area (Å²) in [7, 11) is 0. The van der Waals surface area contributed by atoms with E-state index in [0.29, 0.717) is 11.3 Å². The smallest absolute Gasteiger partial charge is 0.0142 e. The molecule has 0 spiro atoms. The van der Waals surface area contributed by atoms with Crippen molar-refractivity contribution in [3.05, 3.63) is 46.5 Å². The number of thiol groups is 1. The molecule has 3 rings (SSSR count). The summed E-state index contributed by atoms with van der Waals surface area (Å²) in [5.41, 5.74) is 7.10. The fraction of sp³-hybridized carbons (Fsp3) is 0.680. The quantitative estimate of drug-likeness (QED) is 0.399. The number of allylic oxidation sites excluding steroid dienone is 2. The minimum absolute atomic E-state index is 0.456. The lowest BCUT2D eigenvalue weighted by molar-refractivity contribution is 0.287. The van der Waals surface area contributed by atoms with Crippen molar-refractivity contribution in [2.45, 2.75) is 92.4 Å². The first-order valence-electron chi connectivity index (χ1n) is 10.8. The molecule has 0 bridgehead atoms. The minimum Gasteiger partial charge on any atom is -0.183 e. The summed E-state index contributed by atoms with van der Waals surface area (Å²) in [4.78, 5) is 0. The van der Waals surface area contributed by atoms with Gasteiger partial charge in [0.15, 0.2) is 0 Å². The van der Waals surface area contributed by atoms with Crippen molar-refractivity contribution < 1.29 is 0 Å². The molecule has 0 saturated carbocycles. The van der Waals surface area contributed by atoms with Gasteiger partial charge in [-0.25, -0.2) is 0 Å². The highest BCUT2D eigenvalue weighted by atomic mass is 32.1. The molecule has 0 nitrogen and oxygen atoms in total. The molecule has 1 heteroatoms. The van der Waals surface area contributed by atoms with Gasteiger partial charge < -0.3 is 0 Å². The Kier molecular flexibility index (Phi) is 10.1. The highest BCUT2D eigenvalue weighted by Gasteiger charge is 2.35. The van der Waals surface area contributed by atoms with Gasteiger partial charge in [0, 0.05) is 0 Å². The number of hydrogen-bond donors (Lipinski definition) is 1. The summed E-state index contributed by atoms with van der Waals surface area (Å²) in [6.07, 6.45) is 11.1. The van der Waals surface area contributed by atoms with Crippen LogP contribution >= 0.6 is 12.6 Å². The molecule has 26 heavy (non-hydrogen) atoms. The minimum atomic E-state index is 0.456. The third-order valence-electron chi connectivity index (χ3n) is 6.43. The van der Waals surface area contributed by atoms with Gasteiger partial charge in [0.25, 0.3) is 0 Å². The summed E-state index contributed by atoms with van der Waals surface area (Å²) >= 11 is 3.53. The summed E-state index contributed by atoms with van der Waals surface area (Å²) in [6, 6.07) is 9.40. The maximum Gasteiger partial charge on any atom is -0.0142 e. The number of hydrogen-bond acceptors (Lipinski definition) is 1. The third-order valence-corrected chi connectivity index (χ3v) is 6.43. The molecule has 2 aliphatic carbocycles. The lowest BCUT2D eigenvalue weighted by atomic mass is 9.63. The topological polar surface area (TPSA) is 0 Å². The molecule has 0 N–H and O–H groups in total. The highest BCUT2D eigenvalue weighted by molar-refractivity contribution is 7.79. The molecule has 0 radical (unpaired) electrons. The van der Waals surface area contributed by atoms with Crippen LogP contribution in [0.1, 0.15) is 97.1 Å². The fourth-order valence-electron chi connectivity index (χ4n) is 4.70. The second kappa shape index (κ2) is 11.2. The Hall–Kier alpha value is -0.690. The van der Waals surface area contributed by atoms with Crippen LogP contribution in [0.3, 0.4) is 0 Å². The van der Waals surface area contributed by atoms with Gasteiger partial charge in [-0.05, 0) is 79.6 Å². The standard InChI is InChI=1S/C22H32.C2H6.CH4S/c1-5-17-8-10-18(11-9-17)16(2)20-13-12-19-7-6-14-22(3,4)21(19)15-20;2*1-2/h8-11,16,20H,5-7,12-15H2,1-4H3;1-2H3;2H,1H3. The Morgan fingerprint density at radius 1 is 1.08 bits per heavy atom. The van der Waals surface area contributed by atoms with Crippen LogP contribution in [0.2, 0.25) is 0 Å². The van der Waals surface area contributed by atoms with E-state index in [2.05, 4.69) is 64.6 Å².